The van der Waals surface area contributed by atoms with Crippen LogP contribution < -0.4 is 0 Å². The molecule has 0 radical (unpaired) electrons. The topological polar surface area (TPSA) is 30.7 Å². The Morgan fingerprint density at radius 2 is 0.849 bits per heavy atom. The molecule has 11 aromatic rings. The van der Waals surface area contributed by atoms with Crippen LogP contribution in [0.15, 0.2) is 188 Å². The molecule has 2 aromatic heterocycles. The van der Waals surface area contributed by atoms with E-state index in [9.17, 15) is 0 Å². The molecule has 0 atom stereocenters. The van der Waals surface area contributed by atoms with Crippen LogP contribution in [-0.2, 0) is 0 Å². The second kappa shape index (κ2) is 11.7. The summed E-state index contributed by atoms with van der Waals surface area (Å²) in [6.45, 7) is 0. The van der Waals surface area contributed by atoms with Crippen molar-refractivity contribution in [2.45, 2.75) is 0 Å². The van der Waals surface area contributed by atoms with Crippen LogP contribution in [0.2, 0.25) is 0 Å². The number of hydrogen-bond donors (Lipinski definition) is 0. The molecule has 0 bridgehead atoms. The third-order valence-corrected chi connectivity index (χ3v) is 10.8. The molecule has 9 aromatic carbocycles. The third kappa shape index (κ3) is 4.75. The molecule has 0 unspecified atom stereocenters. The highest BCUT2D eigenvalue weighted by Gasteiger charge is 2.14. The largest absolute Gasteiger partial charge is 0.309 e. The van der Waals surface area contributed by atoms with Gasteiger partial charge in [-0.1, -0.05) is 146 Å². The van der Waals surface area contributed by atoms with Gasteiger partial charge in [0.25, 0.3) is 0 Å². The fourth-order valence-electron chi connectivity index (χ4n) is 8.23. The van der Waals surface area contributed by atoms with Crippen molar-refractivity contribution in [2.24, 2.45) is 0 Å². The number of nitrogens with zero attached hydrogens (tertiary/aromatic N) is 3. The fraction of sp³-hybridized carbons (Fsp3) is 0. The normalized spacial score (nSPS) is 11.8. The minimum absolute atomic E-state index is 0.869. The zero-order chi connectivity index (χ0) is 34.9. The molecule has 0 aliphatic carbocycles. The highest BCUT2D eigenvalue weighted by molar-refractivity contribution is 6.23. The Morgan fingerprint density at radius 3 is 1.53 bits per heavy atom. The minimum atomic E-state index is 0.869. The van der Waals surface area contributed by atoms with E-state index in [-0.39, 0.29) is 0 Å². The first kappa shape index (κ1) is 29.6. The van der Waals surface area contributed by atoms with Gasteiger partial charge in [0, 0.05) is 32.8 Å². The van der Waals surface area contributed by atoms with Gasteiger partial charge < -0.3 is 4.57 Å². The van der Waals surface area contributed by atoms with Gasteiger partial charge in [0.1, 0.15) is 0 Å². The van der Waals surface area contributed by atoms with E-state index in [0.29, 0.717) is 0 Å². The first-order valence-corrected chi connectivity index (χ1v) is 18.1. The number of benzene rings is 9. The molecule has 246 valence electrons. The van der Waals surface area contributed by atoms with E-state index in [0.717, 1.165) is 44.2 Å². The van der Waals surface area contributed by atoms with E-state index in [2.05, 4.69) is 187 Å². The Hall–Kier alpha value is -7.10. The third-order valence-electron chi connectivity index (χ3n) is 10.8. The molecular weight excluding hydrogens is 643 g/mol. The Balaban J connectivity index is 0.916. The summed E-state index contributed by atoms with van der Waals surface area (Å²) in [4.78, 5) is 10.2. The first-order chi connectivity index (χ1) is 26.3. The highest BCUT2D eigenvalue weighted by Crippen LogP contribution is 2.36. The summed E-state index contributed by atoms with van der Waals surface area (Å²) < 4.78 is 2.38. The molecule has 0 saturated carbocycles. The SMILES string of the molecule is c1cc(-c2ccc(-c3ccc4cc(-n5c6ccccc6c6ccccc65)ccc4c3)cc2)cc(-c2cnc3c4ccccc4c4ccccc4c3n2)c1. The number of hydrogen-bond acceptors (Lipinski definition) is 2. The maximum Gasteiger partial charge on any atom is 0.0979 e. The molecule has 53 heavy (non-hydrogen) atoms. The summed E-state index contributed by atoms with van der Waals surface area (Å²) in [6.07, 6.45) is 1.91. The quantitative estimate of drug-likeness (QED) is 0.174. The van der Waals surface area contributed by atoms with Crippen LogP contribution in [0.4, 0.5) is 0 Å². The molecular formula is C50H31N3. The summed E-state index contributed by atoms with van der Waals surface area (Å²) >= 11 is 0. The average Bonchev–Trinajstić information content (AvgIpc) is 3.58. The molecule has 0 amide bonds. The maximum absolute atomic E-state index is 5.22. The number of rotatable bonds is 4. The van der Waals surface area contributed by atoms with Gasteiger partial charge in [0.2, 0.25) is 0 Å². The smallest absolute Gasteiger partial charge is 0.0979 e. The van der Waals surface area contributed by atoms with E-state index < -0.39 is 0 Å². The van der Waals surface area contributed by atoms with Crippen LogP contribution in [0.25, 0.3) is 104 Å². The Kier molecular flexibility index (Phi) is 6.55. The van der Waals surface area contributed by atoms with Crippen molar-refractivity contribution >= 4 is 65.2 Å². The lowest BCUT2D eigenvalue weighted by Crippen LogP contribution is -1.93. The summed E-state index contributed by atoms with van der Waals surface area (Å²) in [6, 6.07) is 65.4. The lowest BCUT2D eigenvalue weighted by atomic mass is 9.97. The second-order valence-electron chi connectivity index (χ2n) is 13.8. The number of aromatic nitrogens is 3. The van der Waals surface area contributed by atoms with Crippen molar-refractivity contribution in [3.63, 3.8) is 0 Å². The van der Waals surface area contributed by atoms with E-state index >= 15 is 0 Å². The maximum atomic E-state index is 5.22. The van der Waals surface area contributed by atoms with Gasteiger partial charge in [-0.3, -0.25) is 4.98 Å². The van der Waals surface area contributed by atoms with Crippen molar-refractivity contribution in [1.82, 2.24) is 14.5 Å². The van der Waals surface area contributed by atoms with Crippen LogP contribution >= 0.6 is 0 Å². The average molecular weight is 674 g/mol. The van der Waals surface area contributed by atoms with Crippen LogP contribution in [0, 0.1) is 0 Å². The van der Waals surface area contributed by atoms with Gasteiger partial charge in [-0.15, -0.1) is 0 Å². The summed E-state index contributed by atoms with van der Waals surface area (Å²) in [5.74, 6) is 0. The van der Waals surface area contributed by atoms with Gasteiger partial charge in [0.15, 0.2) is 0 Å². The van der Waals surface area contributed by atoms with Crippen molar-refractivity contribution in [3.05, 3.63) is 188 Å². The summed E-state index contributed by atoms with van der Waals surface area (Å²) in [5, 5.41) is 9.66. The van der Waals surface area contributed by atoms with Gasteiger partial charge in [-0.25, -0.2) is 4.98 Å². The summed E-state index contributed by atoms with van der Waals surface area (Å²) in [7, 11) is 0. The minimum Gasteiger partial charge on any atom is -0.309 e. The monoisotopic (exact) mass is 673 g/mol. The molecule has 3 nitrogen and oxygen atoms in total. The second-order valence-corrected chi connectivity index (χ2v) is 13.8. The highest BCUT2D eigenvalue weighted by atomic mass is 15.0. The molecule has 0 aliphatic heterocycles. The lowest BCUT2D eigenvalue weighted by Gasteiger charge is -2.11. The number of fused-ring (bicyclic) bond motifs is 10. The van der Waals surface area contributed by atoms with Crippen LogP contribution in [0.5, 0.6) is 0 Å². The Morgan fingerprint density at radius 1 is 0.340 bits per heavy atom. The molecule has 0 fully saturated rings. The van der Waals surface area contributed by atoms with E-state index in [1.807, 2.05) is 6.20 Å². The van der Waals surface area contributed by atoms with E-state index in [1.165, 1.54) is 60.2 Å². The van der Waals surface area contributed by atoms with E-state index in [4.69, 9.17) is 9.97 Å². The molecule has 0 aliphatic rings. The van der Waals surface area contributed by atoms with E-state index in [1.54, 1.807) is 0 Å². The Bertz CT molecular complexity index is 3140. The lowest BCUT2D eigenvalue weighted by molar-refractivity contribution is 1.19. The molecule has 0 saturated heterocycles. The summed E-state index contributed by atoms with van der Waals surface area (Å²) in [5.41, 5.74) is 12.1. The van der Waals surface area contributed by atoms with Crippen molar-refractivity contribution in [1.29, 1.82) is 0 Å². The molecule has 11 rings (SSSR count). The predicted octanol–water partition coefficient (Wildman–Crippen LogP) is 13.2. The van der Waals surface area contributed by atoms with Crippen molar-refractivity contribution in [2.75, 3.05) is 0 Å². The molecule has 2 heterocycles. The first-order valence-electron chi connectivity index (χ1n) is 18.1. The van der Waals surface area contributed by atoms with Gasteiger partial charge in [-0.2, -0.15) is 0 Å². The number of para-hydroxylation sites is 2. The zero-order valence-corrected chi connectivity index (χ0v) is 28.7. The zero-order valence-electron chi connectivity index (χ0n) is 28.7. The van der Waals surface area contributed by atoms with Crippen LogP contribution in [0.3, 0.4) is 0 Å². The van der Waals surface area contributed by atoms with Crippen molar-refractivity contribution in [3.8, 4) is 39.2 Å². The predicted molar refractivity (Wildman–Crippen MR) is 223 cm³/mol. The van der Waals surface area contributed by atoms with Gasteiger partial charge in [0.05, 0.1) is 34.0 Å². The standard InChI is InChI=1S/C50H31N3/c1-3-16-44-40(12-1)41-13-2-4-17-45(41)50-49(44)51-31-46(52-50)38-11-9-10-34(29-38)32-20-22-33(23-21-32)35-24-25-37-30-39(27-26-36(37)28-35)53-47-18-7-5-14-42(47)43-15-6-8-19-48(43)53/h1-31H. The molecule has 0 spiro atoms. The molecule has 0 N–H and O–H groups in total. The Labute approximate surface area is 306 Å². The van der Waals surface area contributed by atoms with Crippen LogP contribution in [-0.4, -0.2) is 14.5 Å². The van der Waals surface area contributed by atoms with Crippen LogP contribution in [0.1, 0.15) is 0 Å². The van der Waals surface area contributed by atoms with Crippen molar-refractivity contribution < 1.29 is 0 Å². The fourth-order valence-corrected chi connectivity index (χ4v) is 8.23. The van der Waals surface area contributed by atoms with Gasteiger partial charge in [-0.05, 0) is 80.2 Å². The van der Waals surface area contributed by atoms with Gasteiger partial charge >= 0.3 is 0 Å². The molecule has 3 heteroatoms.